The van der Waals surface area contributed by atoms with Gasteiger partial charge in [0.05, 0.1) is 7.11 Å². The average Bonchev–Trinajstić information content (AvgIpc) is 2.37. The molecule has 0 spiro atoms. The lowest BCUT2D eigenvalue weighted by Crippen LogP contribution is -2.27. The van der Waals surface area contributed by atoms with Gasteiger partial charge in [0.15, 0.2) is 0 Å². The van der Waals surface area contributed by atoms with Gasteiger partial charge in [-0.25, -0.2) is 9.59 Å². The molecule has 0 atom stereocenters. The number of carbonyl (C=O) groups excluding carboxylic acids is 2. The molecule has 21 heavy (non-hydrogen) atoms. The molecule has 4 nitrogen and oxygen atoms in total. The minimum atomic E-state index is -4.95. The second-order valence-electron chi connectivity index (χ2n) is 3.19. The summed E-state index contributed by atoms with van der Waals surface area (Å²) in [6.07, 6.45) is -9.80. The van der Waals surface area contributed by atoms with Gasteiger partial charge in [0.1, 0.15) is 5.75 Å². The number of ether oxygens (including phenoxy) is 2. The Bertz CT molecular complexity index is 466. The van der Waals surface area contributed by atoms with Gasteiger partial charge in [0.2, 0.25) is 0 Å². The van der Waals surface area contributed by atoms with Crippen LogP contribution in [0.15, 0.2) is 30.3 Å². The minimum Gasteiger partial charge on any atom is -0.462 e. The van der Waals surface area contributed by atoms with Gasteiger partial charge in [0.25, 0.3) is 0 Å². The first kappa shape index (κ1) is 18.7. The highest BCUT2D eigenvalue weighted by Gasteiger charge is 2.41. The summed E-state index contributed by atoms with van der Waals surface area (Å²) in [6, 6.07) is 7.08. The van der Waals surface area contributed by atoms with Gasteiger partial charge in [-0.15, -0.1) is 0 Å². The molecule has 0 aromatic heterocycles. The first-order valence-electron chi connectivity index (χ1n) is 4.97. The maximum Gasteiger partial charge on any atom is 0.491 e. The van der Waals surface area contributed by atoms with Crippen LogP contribution in [0.5, 0.6) is 5.75 Å². The zero-order valence-corrected chi connectivity index (χ0v) is 10.3. The monoisotopic (exact) mass is 318 g/mol. The van der Waals surface area contributed by atoms with Crippen LogP contribution in [-0.2, 0) is 14.3 Å². The molecule has 0 fully saturated rings. The van der Waals surface area contributed by atoms with E-state index in [1.807, 2.05) is 0 Å². The molecule has 0 aliphatic rings. The predicted octanol–water partition coefficient (Wildman–Crippen LogP) is 2.88. The minimum absolute atomic E-state index is 0.121. The highest BCUT2D eigenvalue weighted by molar-refractivity contribution is 5.78. The number of benzene rings is 1. The lowest BCUT2D eigenvalue weighted by atomic mass is 10.3. The highest BCUT2D eigenvalue weighted by atomic mass is 19.4. The van der Waals surface area contributed by atoms with E-state index in [4.69, 9.17) is 0 Å². The Morgan fingerprint density at radius 3 is 1.57 bits per heavy atom. The number of hydrogen-bond acceptors (Lipinski definition) is 4. The molecular formula is C11H8F6O4. The van der Waals surface area contributed by atoms with Gasteiger partial charge in [-0.3, -0.25) is 0 Å². The summed E-state index contributed by atoms with van der Waals surface area (Å²) in [5.41, 5.74) is 0. The third-order valence-corrected chi connectivity index (χ3v) is 1.60. The molecule has 1 aromatic carbocycles. The Hall–Kier alpha value is -2.26. The van der Waals surface area contributed by atoms with Crippen LogP contribution in [-0.4, -0.2) is 31.4 Å². The molecule has 118 valence electrons. The molecule has 0 heterocycles. The van der Waals surface area contributed by atoms with Crippen LogP contribution < -0.4 is 4.74 Å². The van der Waals surface area contributed by atoms with E-state index in [0.29, 0.717) is 7.11 Å². The van der Waals surface area contributed by atoms with Crippen molar-refractivity contribution in [3.8, 4) is 5.75 Å². The molecule has 0 amide bonds. The normalized spacial score (nSPS) is 11.0. The van der Waals surface area contributed by atoms with Crippen LogP contribution in [0.25, 0.3) is 0 Å². The van der Waals surface area contributed by atoms with Crippen LogP contribution in [0.2, 0.25) is 0 Å². The number of methoxy groups -OCH3 is 1. The molecule has 0 N–H and O–H groups in total. The van der Waals surface area contributed by atoms with Crippen molar-refractivity contribution in [1.82, 2.24) is 0 Å². The second kappa shape index (κ2) is 7.50. The van der Waals surface area contributed by atoms with E-state index in [2.05, 4.69) is 9.47 Å². The molecule has 0 aliphatic heterocycles. The number of esters is 2. The average molecular weight is 318 g/mol. The van der Waals surface area contributed by atoms with Crippen molar-refractivity contribution in [2.45, 2.75) is 12.4 Å². The number of halogens is 6. The summed E-state index contributed by atoms with van der Waals surface area (Å²) in [5.74, 6) is -4.50. The van der Waals surface area contributed by atoms with E-state index in [9.17, 15) is 35.9 Å². The quantitative estimate of drug-likeness (QED) is 0.454. The van der Waals surface area contributed by atoms with Crippen molar-refractivity contribution < 1.29 is 45.4 Å². The van der Waals surface area contributed by atoms with Crippen molar-refractivity contribution in [1.29, 1.82) is 0 Å². The Balaban J connectivity index is 0.000000433. The highest BCUT2D eigenvalue weighted by Crippen LogP contribution is 2.19. The Kier molecular flexibility index (Phi) is 6.70. The van der Waals surface area contributed by atoms with Crippen LogP contribution in [0.1, 0.15) is 0 Å². The Morgan fingerprint density at radius 1 is 0.857 bits per heavy atom. The number of carbonyl (C=O) groups is 2. The van der Waals surface area contributed by atoms with Gasteiger partial charge in [-0.2, -0.15) is 26.3 Å². The van der Waals surface area contributed by atoms with Crippen molar-refractivity contribution in [2.24, 2.45) is 0 Å². The SMILES string of the molecule is COC(=O)C(F)(F)F.O=C(Oc1ccccc1)C(F)(F)F. The first-order chi connectivity index (χ1) is 9.48. The predicted molar refractivity (Wildman–Crippen MR) is 56.2 cm³/mol. The molecule has 0 saturated carbocycles. The smallest absolute Gasteiger partial charge is 0.462 e. The van der Waals surface area contributed by atoms with E-state index in [-0.39, 0.29) is 5.75 Å². The summed E-state index contributed by atoms with van der Waals surface area (Å²) in [4.78, 5) is 19.8. The van der Waals surface area contributed by atoms with Crippen LogP contribution in [0.3, 0.4) is 0 Å². The second-order valence-corrected chi connectivity index (χ2v) is 3.19. The molecule has 1 rings (SSSR count). The summed E-state index contributed by atoms with van der Waals surface area (Å²) in [5, 5.41) is 0. The van der Waals surface area contributed by atoms with Gasteiger partial charge in [0, 0.05) is 0 Å². The lowest BCUT2D eigenvalue weighted by Gasteiger charge is -2.05. The van der Waals surface area contributed by atoms with E-state index < -0.39 is 24.3 Å². The van der Waals surface area contributed by atoms with E-state index in [0.717, 1.165) is 0 Å². The van der Waals surface area contributed by atoms with E-state index >= 15 is 0 Å². The molecule has 0 bridgehead atoms. The van der Waals surface area contributed by atoms with Crippen LogP contribution in [0.4, 0.5) is 26.3 Å². The third kappa shape index (κ3) is 7.80. The molecule has 0 radical (unpaired) electrons. The van der Waals surface area contributed by atoms with Gasteiger partial charge in [-0.1, -0.05) is 18.2 Å². The maximum absolute atomic E-state index is 11.7. The van der Waals surface area contributed by atoms with E-state index in [1.54, 1.807) is 6.07 Å². The van der Waals surface area contributed by atoms with Gasteiger partial charge in [-0.05, 0) is 12.1 Å². The maximum atomic E-state index is 11.7. The number of rotatable bonds is 1. The zero-order valence-electron chi connectivity index (χ0n) is 10.3. The number of alkyl halides is 6. The fraction of sp³-hybridized carbons (Fsp3) is 0.273. The first-order valence-corrected chi connectivity index (χ1v) is 4.97. The summed E-state index contributed by atoms with van der Waals surface area (Å²) < 4.78 is 75.3. The van der Waals surface area contributed by atoms with Crippen LogP contribution in [0, 0.1) is 0 Å². The van der Waals surface area contributed by atoms with Crippen molar-refractivity contribution in [3.63, 3.8) is 0 Å². The summed E-state index contributed by atoms with van der Waals surface area (Å²) in [7, 11) is 0.676. The molecule has 10 heteroatoms. The zero-order chi connectivity index (χ0) is 16.7. The number of hydrogen-bond donors (Lipinski definition) is 0. The Morgan fingerprint density at radius 2 is 1.29 bits per heavy atom. The standard InChI is InChI=1S/C8H5F3O2.C3H3F3O2/c9-8(10,11)7(12)13-6-4-2-1-3-5-6;1-8-2(7)3(4,5)6/h1-5H;1H3. The summed E-state index contributed by atoms with van der Waals surface area (Å²) in [6.45, 7) is 0. The molecular weight excluding hydrogens is 310 g/mol. The number of para-hydroxylation sites is 1. The summed E-state index contributed by atoms with van der Waals surface area (Å²) >= 11 is 0. The third-order valence-electron chi connectivity index (χ3n) is 1.60. The molecule has 1 aromatic rings. The molecule has 0 saturated heterocycles. The van der Waals surface area contributed by atoms with E-state index in [1.165, 1.54) is 24.3 Å². The fourth-order valence-electron chi connectivity index (χ4n) is 0.769. The van der Waals surface area contributed by atoms with Crippen LogP contribution >= 0.6 is 0 Å². The van der Waals surface area contributed by atoms with Crippen molar-refractivity contribution in [3.05, 3.63) is 30.3 Å². The van der Waals surface area contributed by atoms with Gasteiger partial charge < -0.3 is 9.47 Å². The lowest BCUT2D eigenvalue weighted by molar-refractivity contribution is -0.196. The largest absolute Gasteiger partial charge is 0.491 e. The van der Waals surface area contributed by atoms with Gasteiger partial charge >= 0.3 is 24.3 Å². The van der Waals surface area contributed by atoms with Crippen molar-refractivity contribution >= 4 is 11.9 Å². The van der Waals surface area contributed by atoms with Crippen molar-refractivity contribution in [2.75, 3.05) is 7.11 Å². The topological polar surface area (TPSA) is 52.6 Å². The fourth-order valence-corrected chi connectivity index (χ4v) is 0.769. The molecule has 0 aliphatic carbocycles. The molecule has 0 unspecified atom stereocenters. The Labute approximate surface area is 114 Å².